The van der Waals surface area contributed by atoms with E-state index in [-0.39, 0.29) is 16.6 Å². The predicted molar refractivity (Wildman–Crippen MR) is 160 cm³/mol. The highest BCUT2D eigenvalue weighted by atomic mass is 35.5. The first-order valence-corrected chi connectivity index (χ1v) is 14.5. The number of piperazine rings is 1. The molecule has 0 aliphatic carbocycles. The molecule has 1 amide bonds. The van der Waals surface area contributed by atoms with Crippen molar-refractivity contribution in [3.05, 3.63) is 82.5 Å². The van der Waals surface area contributed by atoms with E-state index in [9.17, 15) is 13.6 Å². The summed E-state index contributed by atoms with van der Waals surface area (Å²) in [6, 6.07) is 18.0. The van der Waals surface area contributed by atoms with E-state index in [1.807, 2.05) is 53.4 Å². The standard InChI is InChI=1S/C29H35ClF2N6OS/c1-29(31,32)23-19-26(30)36-27(20-23)37-15-17-38(18-16-37)40-25-9-7-24(8-10-25)35-28(39)22-5-3-21(4-6-22)11-14-34-13-2-12-33/h3-10,19-20,34H,2,11-18,33H2,1H3,(H,35,39). The van der Waals surface area contributed by atoms with Crippen LogP contribution in [-0.2, 0) is 12.3 Å². The zero-order chi connectivity index (χ0) is 28.5. The van der Waals surface area contributed by atoms with Gasteiger partial charge in [0.05, 0.1) is 0 Å². The Morgan fingerprint density at radius 2 is 1.75 bits per heavy atom. The Balaban J connectivity index is 1.23. The molecule has 2 heterocycles. The molecule has 1 fully saturated rings. The molecule has 11 heteroatoms. The number of hydrogen-bond donors (Lipinski definition) is 3. The number of nitrogens with two attached hydrogens (primary N) is 1. The number of carbonyl (C=O) groups is 1. The lowest BCUT2D eigenvalue weighted by Crippen LogP contribution is -2.43. The second kappa shape index (κ2) is 14.2. The lowest BCUT2D eigenvalue weighted by Gasteiger charge is -2.35. The molecule has 1 aromatic heterocycles. The molecule has 0 atom stereocenters. The molecule has 1 aliphatic rings. The van der Waals surface area contributed by atoms with Crippen LogP contribution in [0.5, 0.6) is 0 Å². The van der Waals surface area contributed by atoms with Crippen LogP contribution < -0.4 is 21.3 Å². The molecule has 1 aliphatic heterocycles. The normalized spacial score (nSPS) is 14.4. The molecule has 1 saturated heterocycles. The number of anilines is 2. The monoisotopic (exact) mass is 588 g/mol. The van der Waals surface area contributed by atoms with Crippen LogP contribution in [0, 0.1) is 0 Å². The number of nitrogens with one attached hydrogen (secondary N) is 2. The van der Waals surface area contributed by atoms with Crippen LogP contribution >= 0.6 is 23.5 Å². The number of benzene rings is 2. The van der Waals surface area contributed by atoms with Crippen LogP contribution in [0.3, 0.4) is 0 Å². The first kappa shape index (κ1) is 30.2. The van der Waals surface area contributed by atoms with Gasteiger partial charge in [0.25, 0.3) is 11.8 Å². The maximum Gasteiger partial charge on any atom is 0.270 e. The van der Waals surface area contributed by atoms with E-state index >= 15 is 0 Å². The third-order valence-electron chi connectivity index (χ3n) is 6.56. The third-order valence-corrected chi connectivity index (χ3v) is 7.86. The van der Waals surface area contributed by atoms with Gasteiger partial charge in [-0.05, 0) is 98.5 Å². The average molecular weight is 589 g/mol. The summed E-state index contributed by atoms with van der Waals surface area (Å²) in [5, 5.41) is 6.38. The highest BCUT2D eigenvalue weighted by Gasteiger charge is 2.27. The summed E-state index contributed by atoms with van der Waals surface area (Å²) in [5.41, 5.74) is 7.88. The SMILES string of the molecule is CC(F)(F)c1cc(Cl)nc(N2CCN(Sc3ccc(NC(=O)c4ccc(CCNCCCN)cc4)cc3)CC2)c1. The number of alkyl halides is 2. The zero-order valence-corrected chi connectivity index (χ0v) is 24.1. The Morgan fingerprint density at radius 1 is 1.05 bits per heavy atom. The first-order valence-electron chi connectivity index (χ1n) is 13.4. The van der Waals surface area contributed by atoms with Crippen molar-refractivity contribution < 1.29 is 13.6 Å². The van der Waals surface area contributed by atoms with Gasteiger partial charge in [0.1, 0.15) is 11.0 Å². The van der Waals surface area contributed by atoms with E-state index in [1.165, 1.54) is 17.7 Å². The van der Waals surface area contributed by atoms with Crippen molar-refractivity contribution in [2.45, 2.75) is 30.6 Å². The van der Waals surface area contributed by atoms with Crippen molar-refractivity contribution in [3.63, 3.8) is 0 Å². The van der Waals surface area contributed by atoms with E-state index < -0.39 is 5.92 Å². The second-order valence-electron chi connectivity index (χ2n) is 9.75. The number of amides is 1. The van der Waals surface area contributed by atoms with Crippen molar-refractivity contribution in [2.75, 3.05) is 56.0 Å². The van der Waals surface area contributed by atoms with Gasteiger partial charge in [-0.3, -0.25) is 4.79 Å². The molecule has 0 saturated carbocycles. The van der Waals surface area contributed by atoms with Crippen LogP contribution in [0.1, 0.15) is 34.8 Å². The molecular formula is C29H35ClF2N6OS. The van der Waals surface area contributed by atoms with Crippen molar-refractivity contribution in [1.29, 1.82) is 0 Å². The lowest BCUT2D eigenvalue weighted by molar-refractivity contribution is 0.0174. The quantitative estimate of drug-likeness (QED) is 0.148. The molecular weight excluding hydrogens is 554 g/mol. The fourth-order valence-electron chi connectivity index (χ4n) is 4.27. The largest absolute Gasteiger partial charge is 0.354 e. The molecule has 0 bridgehead atoms. The number of carbonyl (C=O) groups excluding carboxylic acids is 1. The molecule has 7 nitrogen and oxygen atoms in total. The van der Waals surface area contributed by atoms with Gasteiger partial charge >= 0.3 is 0 Å². The molecule has 3 aromatic rings. The molecule has 4 rings (SSSR count). The summed E-state index contributed by atoms with van der Waals surface area (Å²) in [6.45, 7) is 6.10. The Bertz CT molecular complexity index is 1250. The van der Waals surface area contributed by atoms with Gasteiger partial charge in [0.2, 0.25) is 0 Å². The summed E-state index contributed by atoms with van der Waals surface area (Å²) in [5.74, 6) is -2.65. The van der Waals surface area contributed by atoms with E-state index in [0.717, 1.165) is 56.5 Å². The predicted octanol–water partition coefficient (Wildman–Crippen LogP) is 5.41. The van der Waals surface area contributed by atoms with E-state index in [1.54, 1.807) is 11.9 Å². The fourth-order valence-corrected chi connectivity index (χ4v) is 5.37. The summed E-state index contributed by atoms with van der Waals surface area (Å²) in [4.78, 5) is 20.0. The number of hydrogen-bond acceptors (Lipinski definition) is 7. The fraction of sp³-hybridized carbons (Fsp3) is 0.379. The minimum Gasteiger partial charge on any atom is -0.354 e. The number of nitrogens with zero attached hydrogens (tertiary/aromatic N) is 3. The van der Waals surface area contributed by atoms with Crippen LogP contribution in [0.15, 0.2) is 65.6 Å². The molecule has 4 N–H and O–H groups in total. The molecule has 0 unspecified atom stereocenters. The van der Waals surface area contributed by atoms with Crippen LogP contribution in [0.4, 0.5) is 20.3 Å². The smallest absolute Gasteiger partial charge is 0.270 e. The number of halogens is 3. The topological polar surface area (TPSA) is 86.5 Å². The Labute approximate surface area is 243 Å². The second-order valence-corrected chi connectivity index (χ2v) is 11.3. The molecule has 0 radical (unpaired) electrons. The van der Waals surface area contributed by atoms with Gasteiger partial charge in [0, 0.05) is 54.8 Å². The average Bonchev–Trinajstić information content (AvgIpc) is 2.94. The number of aromatic nitrogens is 1. The van der Waals surface area contributed by atoms with Gasteiger partial charge in [-0.15, -0.1) is 0 Å². The Morgan fingerprint density at radius 3 is 2.40 bits per heavy atom. The lowest BCUT2D eigenvalue weighted by atomic mass is 10.1. The van der Waals surface area contributed by atoms with Gasteiger partial charge in [-0.2, -0.15) is 0 Å². The third kappa shape index (κ3) is 8.87. The highest BCUT2D eigenvalue weighted by molar-refractivity contribution is 7.97. The Kier molecular flexibility index (Phi) is 10.7. The van der Waals surface area contributed by atoms with Gasteiger partial charge in [0.15, 0.2) is 0 Å². The maximum atomic E-state index is 13.8. The van der Waals surface area contributed by atoms with Crippen LogP contribution in [0.2, 0.25) is 5.15 Å². The van der Waals surface area contributed by atoms with E-state index in [0.29, 0.717) is 31.0 Å². The van der Waals surface area contributed by atoms with Gasteiger partial charge < -0.3 is 21.3 Å². The molecule has 2 aromatic carbocycles. The minimum absolute atomic E-state index is 0.0669. The van der Waals surface area contributed by atoms with Crippen LogP contribution in [-0.4, -0.2) is 61.0 Å². The summed E-state index contributed by atoms with van der Waals surface area (Å²) in [7, 11) is 0. The molecule has 214 valence electrons. The number of rotatable bonds is 12. The minimum atomic E-state index is -2.97. The highest BCUT2D eigenvalue weighted by Crippen LogP contribution is 2.32. The Hall–Kier alpha value is -2.76. The summed E-state index contributed by atoms with van der Waals surface area (Å²) in [6.07, 6.45) is 1.86. The van der Waals surface area contributed by atoms with E-state index in [4.69, 9.17) is 17.3 Å². The zero-order valence-electron chi connectivity index (χ0n) is 22.5. The summed E-state index contributed by atoms with van der Waals surface area (Å²) >= 11 is 7.63. The summed E-state index contributed by atoms with van der Waals surface area (Å²) < 4.78 is 29.8. The molecule has 40 heavy (non-hydrogen) atoms. The van der Waals surface area contributed by atoms with Crippen molar-refractivity contribution in [2.24, 2.45) is 5.73 Å². The molecule has 0 spiro atoms. The number of pyridine rings is 1. The first-order chi connectivity index (χ1) is 19.2. The van der Waals surface area contributed by atoms with Crippen molar-refractivity contribution in [3.8, 4) is 0 Å². The van der Waals surface area contributed by atoms with Gasteiger partial charge in [-0.1, -0.05) is 23.7 Å². The van der Waals surface area contributed by atoms with Crippen molar-refractivity contribution >= 4 is 41.0 Å². The maximum absolute atomic E-state index is 13.8. The van der Waals surface area contributed by atoms with Gasteiger partial charge in [-0.25, -0.2) is 18.1 Å². The van der Waals surface area contributed by atoms with Crippen molar-refractivity contribution in [1.82, 2.24) is 14.6 Å². The van der Waals surface area contributed by atoms with E-state index in [2.05, 4.69) is 19.9 Å². The van der Waals surface area contributed by atoms with Crippen LogP contribution in [0.25, 0.3) is 0 Å².